The molecule has 11 nitrogen and oxygen atoms in total. The van der Waals surface area contributed by atoms with Crippen LogP contribution in [-0.2, 0) is 30.7 Å². The maximum absolute atomic E-state index is 13.8. The normalized spacial score (nSPS) is 18.6. The molecule has 2 aliphatic heterocycles. The Kier molecular flexibility index (Phi) is 9.30. The van der Waals surface area contributed by atoms with Gasteiger partial charge in [-0.2, -0.15) is 36.4 Å². The minimum Gasteiger partial charge on any atom is -0.353 e. The molecule has 260 valence electrons. The highest BCUT2D eigenvalue weighted by atomic mass is 35.5. The number of nitrogens with one attached hydrogen (secondary N) is 1. The zero-order valence-electron chi connectivity index (χ0n) is 26.3. The van der Waals surface area contributed by atoms with Crippen LogP contribution in [0.15, 0.2) is 49.2 Å². The Morgan fingerprint density at radius 1 is 0.980 bits per heavy atom. The number of rotatable bonds is 8. The summed E-state index contributed by atoms with van der Waals surface area (Å²) in [6.45, 7) is 2.83. The molecular weight excluding hydrogens is 678 g/mol. The average molecular weight is 709 g/mol. The minimum atomic E-state index is -5.00. The second-order valence-corrected chi connectivity index (χ2v) is 12.3. The van der Waals surface area contributed by atoms with Crippen LogP contribution < -0.4 is 20.0 Å². The van der Waals surface area contributed by atoms with Crippen LogP contribution in [0, 0.1) is 0 Å². The Hall–Kier alpha value is -4.67. The molecule has 1 amide bonds. The van der Waals surface area contributed by atoms with E-state index in [-0.39, 0.29) is 54.2 Å². The number of carbonyl (C=O) groups excluding carboxylic acids is 1. The van der Waals surface area contributed by atoms with Crippen LogP contribution in [0.2, 0.25) is 5.02 Å². The summed E-state index contributed by atoms with van der Waals surface area (Å²) in [7, 11) is 1.75. The van der Waals surface area contributed by atoms with Crippen molar-refractivity contribution in [3.63, 3.8) is 0 Å². The first-order chi connectivity index (χ1) is 23.2. The van der Waals surface area contributed by atoms with E-state index in [1.807, 2.05) is 11.8 Å². The van der Waals surface area contributed by atoms with Crippen molar-refractivity contribution in [1.29, 1.82) is 0 Å². The van der Waals surface area contributed by atoms with Gasteiger partial charge in [0, 0.05) is 69.0 Å². The molecular formula is C31H31ClF6N10O. The van der Waals surface area contributed by atoms with Crippen LogP contribution in [0.5, 0.6) is 0 Å². The number of amides is 1. The molecule has 5 heterocycles. The van der Waals surface area contributed by atoms with Crippen molar-refractivity contribution < 1.29 is 31.1 Å². The summed E-state index contributed by atoms with van der Waals surface area (Å²) < 4.78 is 84.4. The molecule has 2 aliphatic rings. The van der Waals surface area contributed by atoms with Gasteiger partial charge < -0.3 is 20.0 Å². The van der Waals surface area contributed by atoms with E-state index >= 15 is 0 Å². The topological polar surface area (TPSA) is 108 Å². The fourth-order valence-corrected chi connectivity index (χ4v) is 6.34. The smallest absolute Gasteiger partial charge is 0.353 e. The maximum Gasteiger partial charge on any atom is 0.416 e. The first-order valence-electron chi connectivity index (χ1n) is 15.4. The number of nitrogens with zero attached hydrogens (tertiary/aromatic N) is 9. The van der Waals surface area contributed by atoms with Crippen molar-refractivity contribution in [1.82, 2.24) is 35.0 Å². The molecule has 0 spiro atoms. The predicted molar refractivity (Wildman–Crippen MR) is 169 cm³/mol. The molecule has 2 saturated heterocycles. The first-order valence-corrected chi connectivity index (χ1v) is 15.7. The molecule has 3 aromatic heterocycles. The van der Waals surface area contributed by atoms with Gasteiger partial charge in [0.1, 0.15) is 5.02 Å². The zero-order chi connectivity index (χ0) is 35.1. The Bertz CT molecular complexity index is 1780. The maximum atomic E-state index is 13.8. The van der Waals surface area contributed by atoms with E-state index in [1.165, 1.54) is 18.6 Å². The lowest BCUT2D eigenvalue weighted by Crippen LogP contribution is -2.48. The third-order valence-corrected chi connectivity index (χ3v) is 8.81. The summed E-state index contributed by atoms with van der Waals surface area (Å²) in [6.07, 6.45) is -1.05. The quantitative estimate of drug-likeness (QED) is 0.242. The van der Waals surface area contributed by atoms with Crippen LogP contribution in [-0.4, -0.2) is 73.9 Å². The standard InChI is InChI=1S/C31H31ClF6N10O/c1-3-23-9-24(16-47(23)27-25(32)13-42-29(44-27)46-5-4-39-26(49)17-46)48(28-40-10-19(11-41-28)20-12-43-45(2)15-20)14-18-6-21(30(33,34)35)8-22(7-18)31(36,37)38/h6-8,10-13,15,23-24H,3-5,9,14,16-17H2,1-2H3,(H,39,49). The fourth-order valence-electron chi connectivity index (χ4n) is 6.14. The van der Waals surface area contributed by atoms with Crippen LogP contribution >= 0.6 is 11.6 Å². The zero-order valence-corrected chi connectivity index (χ0v) is 27.1. The van der Waals surface area contributed by atoms with E-state index in [2.05, 4.69) is 25.4 Å². The molecule has 2 unspecified atom stereocenters. The lowest BCUT2D eigenvalue weighted by Gasteiger charge is -2.31. The number of hydrogen-bond acceptors (Lipinski definition) is 9. The largest absolute Gasteiger partial charge is 0.416 e. The number of carbonyl (C=O) groups is 1. The van der Waals surface area contributed by atoms with Crippen LogP contribution in [0.1, 0.15) is 36.5 Å². The highest BCUT2D eigenvalue weighted by Crippen LogP contribution is 2.39. The van der Waals surface area contributed by atoms with Gasteiger partial charge in [-0.3, -0.25) is 9.48 Å². The highest BCUT2D eigenvalue weighted by molar-refractivity contribution is 6.32. The number of aromatic nitrogens is 6. The number of benzene rings is 1. The first kappa shape index (κ1) is 34.2. The Morgan fingerprint density at radius 2 is 1.67 bits per heavy atom. The fraction of sp³-hybridized carbons (Fsp3) is 0.419. The van der Waals surface area contributed by atoms with Crippen molar-refractivity contribution in [3.05, 3.63) is 70.9 Å². The molecule has 1 N–H and O–H groups in total. The SMILES string of the molecule is CCC1CC(N(Cc2cc(C(F)(F)F)cc(C(F)(F)F)c2)c2ncc(-c3cnn(C)c3)cn2)CN1c1nc(N2CCNC(=O)C2)ncc1Cl. The van der Waals surface area contributed by atoms with E-state index in [0.29, 0.717) is 43.3 Å². The van der Waals surface area contributed by atoms with E-state index in [4.69, 9.17) is 16.6 Å². The molecule has 0 saturated carbocycles. The third-order valence-electron chi connectivity index (χ3n) is 8.54. The van der Waals surface area contributed by atoms with Crippen LogP contribution in [0.25, 0.3) is 11.1 Å². The van der Waals surface area contributed by atoms with Crippen molar-refractivity contribution in [2.75, 3.05) is 40.9 Å². The summed E-state index contributed by atoms with van der Waals surface area (Å²) >= 11 is 6.62. The summed E-state index contributed by atoms with van der Waals surface area (Å²) in [5.74, 6) is 0.655. The molecule has 0 aliphatic carbocycles. The summed E-state index contributed by atoms with van der Waals surface area (Å²) in [4.78, 5) is 35.4. The Morgan fingerprint density at radius 3 is 2.27 bits per heavy atom. The molecule has 1 aromatic carbocycles. The van der Waals surface area contributed by atoms with Gasteiger partial charge in [-0.1, -0.05) is 18.5 Å². The van der Waals surface area contributed by atoms with Crippen LogP contribution in [0.3, 0.4) is 0 Å². The lowest BCUT2D eigenvalue weighted by atomic mass is 10.0. The van der Waals surface area contributed by atoms with Gasteiger partial charge in [0.2, 0.25) is 17.8 Å². The number of aryl methyl sites for hydroxylation is 1. The van der Waals surface area contributed by atoms with Crippen molar-refractivity contribution in [3.8, 4) is 11.1 Å². The van der Waals surface area contributed by atoms with Gasteiger partial charge in [0.05, 0.1) is 36.1 Å². The summed E-state index contributed by atoms with van der Waals surface area (Å²) in [5.41, 5.74) is -1.67. The summed E-state index contributed by atoms with van der Waals surface area (Å²) in [6, 6.07) is 0.905. The second-order valence-electron chi connectivity index (χ2n) is 11.9. The van der Waals surface area contributed by atoms with Gasteiger partial charge in [0.25, 0.3) is 0 Å². The van der Waals surface area contributed by atoms with Gasteiger partial charge in [-0.25, -0.2) is 15.0 Å². The minimum absolute atomic E-state index is 0.0674. The molecule has 2 atom stereocenters. The molecule has 4 aromatic rings. The summed E-state index contributed by atoms with van der Waals surface area (Å²) in [5, 5.41) is 7.15. The van der Waals surface area contributed by atoms with E-state index in [0.717, 1.165) is 17.7 Å². The van der Waals surface area contributed by atoms with Gasteiger partial charge in [-0.15, -0.1) is 0 Å². The Balaban J connectivity index is 1.37. The van der Waals surface area contributed by atoms with E-state index in [9.17, 15) is 31.1 Å². The number of alkyl halides is 6. The average Bonchev–Trinajstić information content (AvgIpc) is 3.69. The van der Waals surface area contributed by atoms with Crippen molar-refractivity contribution in [2.45, 2.75) is 50.7 Å². The Labute approximate surface area is 281 Å². The van der Waals surface area contributed by atoms with E-state index < -0.39 is 29.5 Å². The third kappa shape index (κ3) is 7.50. The molecule has 0 bridgehead atoms. The van der Waals surface area contributed by atoms with Crippen LogP contribution in [0.4, 0.5) is 44.1 Å². The van der Waals surface area contributed by atoms with Crippen molar-refractivity contribution >= 4 is 35.2 Å². The van der Waals surface area contributed by atoms with Crippen molar-refractivity contribution in [2.24, 2.45) is 7.05 Å². The lowest BCUT2D eigenvalue weighted by molar-refractivity contribution is -0.143. The van der Waals surface area contributed by atoms with Gasteiger partial charge in [0.15, 0.2) is 5.82 Å². The number of anilines is 3. The molecule has 2 fully saturated rings. The number of halogens is 7. The predicted octanol–water partition coefficient (Wildman–Crippen LogP) is 5.36. The second kappa shape index (κ2) is 13.3. The highest BCUT2D eigenvalue weighted by Gasteiger charge is 2.40. The molecule has 49 heavy (non-hydrogen) atoms. The van der Waals surface area contributed by atoms with Gasteiger partial charge in [-0.05, 0) is 36.6 Å². The number of hydrogen-bond donors (Lipinski definition) is 1. The molecule has 6 rings (SSSR count). The molecule has 18 heteroatoms. The molecule has 0 radical (unpaired) electrons. The van der Waals surface area contributed by atoms with Gasteiger partial charge >= 0.3 is 12.4 Å². The van der Waals surface area contributed by atoms with E-state index in [1.54, 1.807) is 33.9 Å². The monoisotopic (exact) mass is 708 g/mol. The number of piperazine rings is 1.